The molecule has 0 amide bonds. The van der Waals surface area contributed by atoms with Crippen molar-refractivity contribution in [3.8, 4) is 0 Å². The molecule has 3 heteroatoms. The Labute approximate surface area is 71.4 Å². The predicted molar refractivity (Wildman–Crippen MR) is 47.0 cm³/mol. The van der Waals surface area contributed by atoms with Crippen LogP contribution in [0.2, 0.25) is 0 Å². The molecule has 1 aromatic heterocycles. The highest BCUT2D eigenvalue weighted by molar-refractivity contribution is 5.75. The van der Waals surface area contributed by atoms with Gasteiger partial charge in [0.25, 0.3) is 0 Å². The fourth-order valence-corrected chi connectivity index (χ4v) is 1.03. The lowest BCUT2D eigenvalue weighted by Crippen LogP contribution is -2.24. The second-order valence-electron chi connectivity index (χ2n) is 2.67. The maximum absolute atomic E-state index is 11.0. The third kappa shape index (κ3) is 1.61. The third-order valence-corrected chi connectivity index (χ3v) is 1.66. The van der Waals surface area contributed by atoms with Crippen molar-refractivity contribution >= 4 is 5.91 Å². The van der Waals surface area contributed by atoms with Gasteiger partial charge in [-0.2, -0.15) is 0 Å². The molecule has 1 heterocycles. The summed E-state index contributed by atoms with van der Waals surface area (Å²) in [6, 6.07) is 3.76. The second kappa shape index (κ2) is 3.34. The van der Waals surface area contributed by atoms with Gasteiger partial charge in [0.1, 0.15) is 5.49 Å². The highest BCUT2D eigenvalue weighted by atomic mass is 16.1. The summed E-state index contributed by atoms with van der Waals surface area (Å²) in [5.41, 5.74) is 1.80. The Bertz CT molecular complexity index is 363. The van der Waals surface area contributed by atoms with Crippen molar-refractivity contribution in [1.82, 2.24) is 4.57 Å². The summed E-state index contributed by atoms with van der Waals surface area (Å²) in [6.45, 7) is 3.49. The van der Waals surface area contributed by atoms with Crippen LogP contribution < -0.4 is 5.49 Å². The molecular weight excluding hydrogens is 152 g/mol. The van der Waals surface area contributed by atoms with Crippen LogP contribution >= 0.6 is 0 Å². The normalized spacial score (nSPS) is 11.8. The summed E-state index contributed by atoms with van der Waals surface area (Å²) in [5, 5.41) is 0. The van der Waals surface area contributed by atoms with Crippen LogP contribution in [0.25, 0.3) is 0 Å². The predicted octanol–water partition coefficient (Wildman–Crippen LogP) is 0.987. The van der Waals surface area contributed by atoms with Crippen molar-refractivity contribution in [2.45, 2.75) is 13.8 Å². The topological polar surface area (TPSA) is 34.4 Å². The van der Waals surface area contributed by atoms with Gasteiger partial charge in [-0.05, 0) is 24.6 Å². The molecule has 0 aromatic carbocycles. The molecule has 0 spiro atoms. The second-order valence-corrected chi connectivity index (χ2v) is 2.67. The Kier molecular flexibility index (Phi) is 2.43. The largest absolute Gasteiger partial charge is 0.274 e. The van der Waals surface area contributed by atoms with Crippen LogP contribution in [0.15, 0.2) is 23.3 Å². The summed E-state index contributed by atoms with van der Waals surface area (Å²) in [5.74, 6) is -0.0180. The zero-order valence-electron chi connectivity index (χ0n) is 7.53. The third-order valence-electron chi connectivity index (χ3n) is 1.66. The minimum absolute atomic E-state index is 0.0180. The molecule has 0 radical (unpaired) electrons. The number of aromatic nitrogens is 1. The molecule has 0 aliphatic heterocycles. The van der Waals surface area contributed by atoms with E-state index in [1.54, 1.807) is 13.2 Å². The van der Waals surface area contributed by atoms with Crippen molar-refractivity contribution in [3.05, 3.63) is 29.4 Å². The number of carbonyl (C=O) groups is 1. The maximum Gasteiger partial charge on any atom is 0.229 e. The summed E-state index contributed by atoms with van der Waals surface area (Å²) >= 11 is 0. The van der Waals surface area contributed by atoms with Gasteiger partial charge in [0.2, 0.25) is 5.91 Å². The molecule has 0 unspecified atom stereocenters. The van der Waals surface area contributed by atoms with E-state index in [4.69, 9.17) is 0 Å². The van der Waals surface area contributed by atoms with E-state index in [0.29, 0.717) is 5.49 Å². The van der Waals surface area contributed by atoms with E-state index in [2.05, 4.69) is 4.99 Å². The van der Waals surface area contributed by atoms with E-state index in [-0.39, 0.29) is 5.91 Å². The van der Waals surface area contributed by atoms with Crippen LogP contribution in [0, 0.1) is 6.92 Å². The number of nitrogens with zero attached hydrogens (tertiary/aromatic N) is 2. The highest BCUT2D eigenvalue weighted by Gasteiger charge is 1.96. The van der Waals surface area contributed by atoms with E-state index < -0.39 is 0 Å². The Morgan fingerprint density at radius 1 is 1.58 bits per heavy atom. The monoisotopic (exact) mass is 164 g/mol. The van der Waals surface area contributed by atoms with Gasteiger partial charge in [0, 0.05) is 20.2 Å². The Hall–Kier alpha value is -1.38. The molecule has 0 bridgehead atoms. The summed E-state index contributed by atoms with van der Waals surface area (Å²) in [7, 11) is 1.67. The highest BCUT2D eigenvalue weighted by Crippen LogP contribution is 1.90. The van der Waals surface area contributed by atoms with E-state index >= 15 is 0 Å². The van der Waals surface area contributed by atoms with Gasteiger partial charge in [-0.3, -0.25) is 14.4 Å². The maximum atomic E-state index is 11.0. The van der Waals surface area contributed by atoms with Crippen LogP contribution in [-0.2, 0) is 0 Å². The summed E-state index contributed by atoms with van der Waals surface area (Å²) in [4.78, 5) is 15.0. The van der Waals surface area contributed by atoms with Gasteiger partial charge in [0.15, 0.2) is 0 Å². The molecular formula is C9H12N2O. The fourth-order valence-electron chi connectivity index (χ4n) is 1.03. The van der Waals surface area contributed by atoms with Gasteiger partial charge >= 0.3 is 0 Å². The molecule has 1 aromatic rings. The zero-order chi connectivity index (χ0) is 9.14. The van der Waals surface area contributed by atoms with Gasteiger partial charge in [-0.25, -0.2) is 0 Å². The molecule has 0 saturated heterocycles. The van der Waals surface area contributed by atoms with Crippen molar-refractivity contribution in [1.29, 1.82) is 0 Å². The molecule has 3 nitrogen and oxygen atoms in total. The molecule has 64 valence electrons. The van der Waals surface area contributed by atoms with Crippen molar-refractivity contribution in [2.24, 2.45) is 4.99 Å². The Morgan fingerprint density at radius 2 is 2.25 bits per heavy atom. The summed E-state index contributed by atoms with van der Waals surface area (Å²) in [6.07, 6.45) is 1.74. The van der Waals surface area contributed by atoms with E-state index in [9.17, 15) is 4.79 Å². The number of rotatable bonds is 0. The number of hydrogen-bond acceptors (Lipinski definition) is 2. The molecule has 0 aliphatic carbocycles. The van der Waals surface area contributed by atoms with Gasteiger partial charge < -0.3 is 0 Å². The first-order valence-corrected chi connectivity index (χ1v) is 3.78. The first-order chi connectivity index (χ1) is 5.65. The van der Waals surface area contributed by atoms with Gasteiger partial charge in [-0.15, -0.1) is 0 Å². The SMILES string of the molecule is CN=c1cc(C)ccn1C(C)=O. The molecule has 0 aliphatic rings. The van der Waals surface area contributed by atoms with Crippen LogP contribution in [0.1, 0.15) is 17.3 Å². The average Bonchev–Trinajstić information content (AvgIpc) is 2.03. The van der Waals surface area contributed by atoms with Crippen molar-refractivity contribution < 1.29 is 4.79 Å². The lowest BCUT2D eigenvalue weighted by atomic mass is 10.3. The smallest absolute Gasteiger partial charge is 0.229 e. The van der Waals surface area contributed by atoms with Crippen LogP contribution in [-0.4, -0.2) is 17.5 Å². The summed E-state index contributed by atoms with van der Waals surface area (Å²) < 4.78 is 1.52. The number of carbonyl (C=O) groups excluding carboxylic acids is 1. The van der Waals surface area contributed by atoms with Crippen molar-refractivity contribution in [3.63, 3.8) is 0 Å². The molecule has 0 saturated carbocycles. The number of hydrogen-bond donors (Lipinski definition) is 0. The fraction of sp³-hybridized carbons (Fsp3) is 0.333. The number of pyridine rings is 1. The molecule has 12 heavy (non-hydrogen) atoms. The van der Waals surface area contributed by atoms with Gasteiger partial charge in [-0.1, -0.05) is 0 Å². The molecule has 0 atom stereocenters. The number of aryl methyl sites for hydroxylation is 1. The van der Waals surface area contributed by atoms with Crippen LogP contribution in [0.3, 0.4) is 0 Å². The minimum atomic E-state index is -0.0180. The first-order valence-electron chi connectivity index (χ1n) is 3.78. The van der Waals surface area contributed by atoms with E-state index in [0.717, 1.165) is 5.56 Å². The lowest BCUT2D eigenvalue weighted by molar-refractivity contribution is 0.0931. The van der Waals surface area contributed by atoms with Crippen LogP contribution in [0.5, 0.6) is 0 Å². The quantitative estimate of drug-likeness (QED) is 0.563. The minimum Gasteiger partial charge on any atom is -0.274 e. The van der Waals surface area contributed by atoms with E-state index in [1.165, 1.54) is 11.5 Å². The van der Waals surface area contributed by atoms with Gasteiger partial charge in [0.05, 0.1) is 0 Å². The van der Waals surface area contributed by atoms with Crippen molar-refractivity contribution in [2.75, 3.05) is 7.05 Å². The zero-order valence-corrected chi connectivity index (χ0v) is 7.53. The van der Waals surface area contributed by atoms with E-state index in [1.807, 2.05) is 19.1 Å². The first kappa shape index (κ1) is 8.71. The standard InChI is InChI=1S/C9H12N2O/c1-7-4-5-11(8(2)12)9(6-7)10-3/h4-6H,1-3H3. The molecule has 0 N–H and O–H groups in total. The molecule has 1 rings (SSSR count). The Morgan fingerprint density at radius 3 is 2.75 bits per heavy atom. The molecule has 0 fully saturated rings. The van der Waals surface area contributed by atoms with Crippen LogP contribution in [0.4, 0.5) is 0 Å². The average molecular weight is 164 g/mol. The lowest BCUT2D eigenvalue weighted by Gasteiger charge is -2.01. The Balaban J connectivity index is 3.41.